The zero-order chi connectivity index (χ0) is 19.3. The molecule has 7 nitrogen and oxygen atoms in total. The van der Waals surface area contributed by atoms with Crippen molar-refractivity contribution in [1.82, 2.24) is 15.1 Å². The van der Waals surface area contributed by atoms with Crippen LogP contribution in [0.1, 0.15) is 18.4 Å². The van der Waals surface area contributed by atoms with Crippen molar-refractivity contribution in [2.75, 3.05) is 55.7 Å². The van der Waals surface area contributed by atoms with E-state index in [1.807, 2.05) is 42.2 Å². The van der Waals surface area contributed by atoms with Crippen molar-refractivity contribution in [1.29, 1.82) is 0 Å². The highest BCUT2D eigenvalue weighted by Crippen LogP contribution is 2.20. The first-order chi connectivity index (χ1) is 13.7. The number of aromatic nitrogens is 2. The predicted molar refractivity (Wildman–Crippen MR) is 109 cm³/mol. The van der Waals surface area contributed by atoms with Gasteiger partial charge in [-0.1, -0.05) is 18.2 Å². The number of para-hydroxylation sites is 1. The monoisotopic (exact) mass is 381 g/mol. The molecule has 2 saturated heterocycles. The number of piperazine rings is 1. The Balaban J connectivity index is 1.27. The molecule has 0 bridgehead atoms. The summed E-state index contributed by atoms with van der Waals surface area (Å²) in [5, 5.41) is 8.80. The molecule has 1 aromatic carbocycles. The van der Waals surface area contributed by atoms with Crippen LogP contribution in [0.2, 0.25) is 0 Å². The molecule has 28 heavy (non-hydrogen) atoms. The minimum atomic E-state index is 0.0263. The maximum Gasteiger partial charge on any atom is 0.260 e. The van der Waals surface area contributed by atoms with Crippen molar-refractivity contribution < 1.29 is 9.53 Å². The number of ether oxygens (including phenoxy) is 1. The Bertz CT molecular complexity index is 797. The van der Waals surface area contributed by atoms with Gasteiger partial charge in [-0.05, 0) is 43.5 Å². The number of carbonyl (C=O) groups is 1. The van der Waals surface area contributed by atoms with E-state index in [4.69, 9.17) is 4.74 Å². The van der Waals surface area contributed by atoms with Gasteiger partial charge in [-0.3, -0.25) is 4.79 Å². The van der Waals surface area contributed by atoms with Gasteiger partial charge in [0.1, 0.15) is 5.75 Å². The molecule has 2 fully saturated rings. The third-order valence-electron chi connectivity index (χ3n) is 5.47. The average Bonchev–Trinajstić information content (AvgIpc) is 3.28. The van der Waals surface area contributed by atoms with E-state index in [2.05, 4.69) is 26.1 Å². The lowest BCUT2D eigenvalue weighted by Crippen LogP contribution is -2.50. The molecular weight excluding hydrogens is 354 g/mol. The fourth-order valence-electron chi connectivity index (χ4n) is 3.74. The Morgan fingerprint density at radius 2 is 1.50 bits per heavy atom. The maximum atomic E-state index is 12.5. The van der Waals surface area contributed by atoms with E-state index in [0.29, 0.717) is 13.1 Å². The maximum absolute atomic E-state index is 12.5. The summed E-state index contributed by atoms with van der Waals surface area (Å²) in [5.74, 6) is 2.64. The minimum absolute atomic E-state index is 0.0263. The van der Waals surface area contributed by atoms with Gasteiger partial charge in [0.15, 0.2) is 18.2 Å². The van der Waals surface area contributed by atoms with Crippen LogP contribution in [-0.2, 0) is 4.79 Å². The predicted octanol–water partition coefficient (Wildman–Crippen LogP) is 2.11. The molecule has 0 aliphatic carbocycles. The third kappa shape index (κ3) is 4.18. The van der Waals surface area contributed by atoms with Gasteiger partial charge in [0, 0.05) is 39.3 Å². The standard InChI is InChI=1S/C21H27N5O2/c1-17-6-2-3-7-18(17)28-16-21(27)26-14-12-25(13-15-26)20-9-8-19(22-23-20)24-10-4-5-11-24/h2-3,6-9H,4-5,10-16H2,1H3. The third-order valence-corrected chi connectivity index (χ3v) is 5.47. The molecule has 3 heterocycles. The fourth-order valence-corrected chi connectivity index (χ4v) is 3.74. The molecule has 0 radical (unpaired) electrons. The number of carbonyl (C=O) groups excluding carboxylic acids is 1. The van der Waals surface area contributed by atoms with Gasteiger partial charge in [0.2, 0.25) is 0 Å². The summed E-state index contributed by atoms with van der Waals surface area (Å²) in [6.07, 6.45) is 2.46. The topological polar surface area (TPSA) is 61.8 Å². The molecule has 0 atom stereocenters. The van der Waals surface area contributed by atoms with Gasteiger partial charge in [0.05, 0.1) is 0 Å². The zero-order valence-corrected chi connectivity index (χ0v) is 16.4. The van der Waals surface area contributed by atoms with Gasteiger partial charge < -0.3 is 19.4 Å². The molecule has 2 aromatic rings. The molecule has 1 amide bonds. The fraction of sp³-hybridized carbons (Fsp3) is 0.476. The van der Waals surface area contributed by atoms with Crippen LogP contribution >= 0.6 is 0 Å². The van der Waals surface area contributed by atoms with Crippen molar-refractivity contribution >= 4 is 17.5 Å². The van der Waals surface area contributed by atoms with Gasteiger partial charge >= 0.3 is 0 Å². The Labute approximate surface area is 165 Å². The van der Waals surface area contributed by atoms with Crippen LogP contribution in [0.3, 0.4) is 0 Å². The van der Waals surface area contributed by atoms with Gasteiger partial charge in [-0.2, -0.15) is 0 Å². The lowest BCUT2D eigenvalue weighted by Gasteiger charge is -2.35. The van der Waals surface area contributed by atoms with Gasteiger partial charge in [-0.25, -0.2) is 0 Å². The number of benzene rings is 1. The number of amides is 1. The van der Waals surface area contributed by atoms with Crippen LogP contribution in [-0.4, -0.2) is 66.9 Å². The number of anilines is 2. The van der Waals surface area contributed by atoms with E-state index >= 15 is 0 Å². The Morgan fingerprint density at radius 1 is 0.893 bits per heavy atom. The normalized spacial score (nSPS) is 17.1. The SMILES string of the molecule is Cc1ccccc1OCC(=O)N1CCN(c2ccc(N3CCCC3)nn2)CC1. The number of rotatable bonds is 5. The van der Waals surface area contributed by atoms with E-state index in [9.17, 15) is 4.79 Å². The number of hydrogen-bond donors (Lipinski definition) is 0. The molecule has 1 aromatic heterocycles. The second-order valence-electron chi connectivity index (χ2n) is 7.37. The van der Waals surface area contributed by atoms with Crippen LogP contribution in [0.5, 0.6) is 5.75 Å². The quantitative estimate of drug-likeness (QED) is 0.791. The van der Waals surface area contributed by atoms with E-state index in [1.165, 1.54) is 12.8 Å². The Morgan fingerprint density at radius 3 is 2.11 bits per heavy atom. The zero-order valence-electron chi connectivity index (χ0n) is 16.4. The molecule has 2 aliphatic rings. The van der Waals surface area contributed by atoms with Crippen LogP contribution in [0.15, 0.2) is 36.4 Å². The number of aryl methyl sites for hydroxylation is 1. The summed E-state index contributed by atoms with van der Waals surface area (Å²) < 4.78 is 5.69. The first kappa shape index (κ1) is 18.5. The molecule has 0 N–H and O–H groups in total. The Hall–Kier alpha value is -2.83. The summed E-state index contributed by atoms with van der Waals surface area (Å²) in [4.78, 5) is 18.8. The smallest absolute Gasteiger partial charge is 0.260 e. The van der Waals surface area contributed by atoms with Crippen LogP contribution in [0, 0.1) is 6.92 Å². The van der Waals surface area contributed by atoms with E-state index < -0.39 is 0 Å². The number of hydrogen-bond acceptors (Lipinski definition) is 6. The first-order valence-electron chi connectivity index (χ1n) is 10.0. The molecule has 4 rings (SSSR count). The van der Waals surface area contributed by atoms with Gasteiger partial charge in [-0.15, -0.1) is 10.2 Å². The minimum Gasteiger partial charge on any atom is -0.484 e. The highest BCUT2D eigenvalue weighted by molar-refractivity contribution is 5.78. The van der Waals surface area contributed by atoms with Crippen LogP contribution in [0.25, 0.3) is 0 Å². The van der Waals surface area contributed by atoms with Crippen molar-refractivity contribution in [3.05, 3.63) is 42.0 Å². The van der Waals surface area contributed by atoms with Crippen LogP contribution < -0.4 is 14.5 Å². The summed E-state index contributed by atoms with van der Waals surface area (Å²) in [6.45, 7) is 7.06. The van der Waals surface area contributed by atoms with Crippen molar-refractivity contribution in [3.8, 4) is 5.75 Å². The second kappa shape index (κ2) is 8.46. The van der Waals surface area contributed by atoms with E-state index in [-0.39, 0.29) is 12.5 Å². The molecule has 0 spiro atoms. The summed E-state index contributed by atoms with van der Waals surface area (Å²) in [6, 6.07) is 11.9. The van der Waals surface area contributed by atoms with Crippen LogP contribution in [0.4, 0.5) is 11.6 Å². The largest absolute Gasteiger partial charge is 0.484 e. The Kier molecular flexibility index (Phi) is 5.60. The average molecular weight is 381 g/mol. The summed E-state index contributed by atoms with van der Waals surface area (Å²) >= 11 is 0. The second-order valence-corrected chi connectivity index (χ2v) is 7.37. The highest BCUT2D eigenvalue weighted by Gasteiger charge is 2.23. The molecule has 0 saturated carbocycles. The van der Waals surface area contributed by atoms with Crippen molar-refractivity contribution in [3.63, 3.8) is 0 Å². The lowest BCUT2D eigenvalue weighted by molar-refractivity contribution is -0.133. The van der Waals surface area contributed by atoms with E-state index in [1.54, 1.807) is 0 Å². The lowest BCUT2D eigenvalue weighted by atomic mass is 10.2. The molecule has 7 heteroatoms. The molecule has 148 valence electrons. The molecule has 0 unspecified atom stereocenters. The number of nitrogens with zero attached hydrogens (tertiary/aromatic N) is 5. The molecule has 2 aliphatic heterocycles. The van der Waals surface area contributed by atoms with E-state index in [0.717, 1.165) is 49.1 Å². The van der Waals surface area contributed by atoms with Crippen molar-refractivity contribution in [2.24, 2.45) is 0 Å². The first-order valence-corrected chi connectivity index (χ1v) is 10.0. The summed E-state index contributed by atoms with van der Waals surface area (Å²) in [7, 11) is 0. The summed E-state index contributed by atoms with van der Waals surface area (Å²) in [5.41, 5.74) is 1.04. The van der Waals surface area contributed by atoms with Crippen molar-refractivity contribution in [2.45, 2.75) is 19.8 Å². The molecular formula is C21H27N5O2. The van der Waals surface area contributed by atoms with Gasteiger partial charge in [0.25, 0.3) is 5.91 Å². The highest BCUT2D eigenvalue weighted by atomic mass is 16.5.